The molecule has 0 radical (unpaired) electrons. The molecule has 0 rings (SSSR count). The molecule has 0 bridgehead atoms. The van der Waals surface area contributed by atoms with Crippen molar-refractivity contribution in [2.24, 2.45) is 5.92 Å². The van der Waals surface area contributed by atoms with E-state index in [0.717, 1.165) is 6.42 Å². The van der Waals surface area contributed by atoms with Crippen molar-refractivity contribution in [1.29, 1.82) is 0 Å². The summed E-state index contributed by atoms with van der Waals surface area (Å²) in [5.74, 6) is 0.635. The molecule has 0 aromatic rings. The van der Waals surface area contributed by atoms with Crippen LogP contribution in [0.3, 0.4) is 0 Å². The van der Waals surface area contributed by atoms with E-state index in [1.54, 1.807) is 0 Å². The number of aliphatic hydroxyl groups excluding tert-OH is 1. The Morgan fingerprint density at radius 1 is 1.27 bits per heavy atom. The number of rotatable bonds is 5. The lowest BCUT2D eigenvalue weighted by molar-refractivity contribution is 0.220. The van der Waals surface area contributed by atoms with E-state index in [1.165, 1.54) is 0 Å². The molecule has 0 saturated heterocycles. The minimum absolute atomic E-state index is 0.244. The van der Waals surface area contributed by atoms with Gasteiger partial charge in [-0.2, -0.15) is 0 Å². The second kappa shape index (κ2) is 5.56. The van der Waals surface area contributed by atoms with E-state index in [0.29, 0.717) is 12.0 Å². The summed E-state index contributed by atoms with van der Waals surface area (Å²) in [6, 6.07) is 0.763. The molecular formula is C9H21NO. The molecule has 2 atom stereocenters. The summed E-state index contributed by atoms with van der Waals surface area (Å²) in [7, 11) is 0. The Labute approximate surface area is 70.0 Å². The third kappa shape index (κ3) is 4.38. The molecule has 0 heterocycles. The molecule has 2 heteroatoms. The summed E-state index contributed by atoms with van der Waals surface area (Å²) in [5, 5.41) is 12.3. The Hall–Kier alpha value is -0.0800. The van der Waals surface area contributed by atoms with Crippen LogP contribution < -0.4 is 5.32 Å². The van der Waals surface area contributed by atoms with Gasteiger partial charge in [-0.05, 0) is 19.3 Å². The van der Waals surface area contributed by atoms with Gasteiger partial charge in [0.15, 0.2) is 0 Å². The maximum Gasteiger partial charge on any atom is 0.0584 e. The van der Waals surface area contributed by atoms with Gasteiger partial charge in [-0.15, -0.1) is 0 Å². The first-order chi connectivity index (χ1) is 5.11. The fourth-order valence-electron chi connectivity index (χ4n) is 0.864. The van der Waals surface area contributed by atoms with Gasteiger partial charge in [0, 0.05) is 12.1 Å². The molecule has 0 spiro atoms. The summed E-state index contributed by atoms with van der Waals surface area (Å²) in [5.41, 5.74) is 0. The average Bonchev–Trinajstić information content (AvgIpc) is 1.99. The second-order valence-corrected chi connectivity index (χ2v) is 3.49. The Balaban J connectivity index is 3.62. The molecular weight excluding hydrogens is 138 g/mol. The number of hydrogen-bond acceptors (Lipinski definition) is 2. The third-order valence-corrected chi connectivity index (χ3v) is 2.21. The van der Waals surface area contributed by atoms with Crippen LogP contribution in [0.1, 0.15) is 34.1 Å². The predicted octanol–water partition coefficient (Wildman–Crippen LogP) is 1.39. The smallest absolute Gasteiger partial charge is 0.0584 e. The van der Waals surface area contributed by atoms with E-state index >= 15 is 0 Å². The lowest BCUT2D eigenvalue weighted by Gasteiger charge is -2.23. The minimum atomic E-state index is 0.244. The average molecular weight is 159 g/mol. The largest absolute Gasteiger partial charge is 0.395 e. The molecule has 0 aliphatic carbocycles. The van der Waals surface area contributed by atoms with Crippen LogP contribution in [0.5, 0.6) is 0 Å². The highest BCUT2D eigenvalue weighted by molar-refractivity contribution is 4.71. The Kier molecular flexibility index (Phi) is 5.51. The molecule has 11 heavy (non-hydrogen) atoms. The zero-order chi connectivity index (χ0) is 8.85. The third-order valence-electron chi connectivity index (χ3n) is 2.21. The van der Waals surface area contributed by atoms with Gasteiger partial charge in [-0.1, -0.05) is 20.8 Å². The Morgan fingerprint density at radius 3 is 2.09 bits per heavy atom. The number of aliphatic hydroxyl groups is 1. The molecule has 68 valence electrons. The van der Waals surface area contributed by atoms with E-state index in [-0.39, 0.29) is 12.6 Å². The topological polar surface area (TPSA) is 32.3 Å². The first-order valence-electron chi connectivity index (χ1n) is 4.48. The highest BCUT2D eigenvalue weighted by Gasteiger charge is 2.11. The van der Waals surface area contributed by atoms with Crippen LogP contribution in [0.2, 0.25) is 0 Å². The monoisotopic (exact) mass is 159 g/mol. The maximum absolute atomic E-state index is 8.89. The van der Waals surface area contributed by atoms with Crippen molar-refractivity contribution in [3.8, 4) is 0 Å². The molecule has 0 amide bonds. The first kappa shape index (κ1) is 10.9. The van der Waals surface area contributed by atoms with Crippen molar-refractivity contribution in [2.75, 3.05) is 6.61 Å². The summed E-state index contributed by atoms with van der Waals surface area (Å²) in [6.07, 6.45) is 0.994. The van der Waals surface area contributed by atoms with Crippen LogP contribution in [0.25, 0.3) is 0 Å². The lowest BCUT2D eigenvalue weighted by Crippen LogP contribution is -2.41. The summed E-state index contributed by atoms with van der Waals surface area (Å²) < 4.78 is 0. The van der Waals surface area contributed by atoms with Crippen molar-refractivity contribution >= 4 is 0 Å². The van der Waals surface area contributed by atoms with Crippen LogP contribution in [0.15, 0.2) is 0 Å². The van der Waals surface area contributed by atoms with Gasteiger partial charge < -0.3 is 10.4 Å². The quantitative estimate of drug-likeness (QED) is 0.635. The van der Waals surface area contributed by atoms with Crippen molar-refractivity contribution in [2.45, 2.75) is 46.2 Å². The molecule has 0 aromatic carbocycles. The maximum atomic E-state index is 8.89. The minimum Gasteiger partial charge on any atom is -0.395 e. The zero-order valence-electron chi connectivity index (χ0n) is 8.09. The van der Waals surface area contributed by atoms with Crippen molar-refractivity contribution in [3.05, 3.63) is 0 Å². The van der Waals surface area contributed by atoms with Gasteiger partial charge in [0.25, 0.3) is 0 Å². The van der Waals surface area contributed by atoms with Gasteiger partial charge in [-0.25, -0.2) is 0 Å². The molecule has 0 fully saturated rings. The molecule has 0 saturated carbocycles. The standard InChI is InChI=1S/C9H21NO/c1-5-9(6-11)10-8(4)7(2)3/h7-11H,5-6H2,1-4H3/t8-,9-/m0/s1. The fraction of sp³-hybridized carbons (Fsp3) is 1.00. The normalized spacial score (nSPS) is 16.9. The van der Waals surface area contributed by atoms with Crippen LogP contribution in [-0.2, 0) is 0 Å². The fourth-order valence-corrected chi connectivity index (χ4v) is 0.864. The molecule has 2 N–H and O–H groups in total. The highest BCUT2D eigenvalue weighted by Crippen LogP contribution is 2.02. The van der Waals surface area contributed by atoms with Crippen molar-refractivity contribution in [3.63, 3.8) is 0 Å². The Morgan fingerprint density at radius 2 is 1.82 bits per heavy atom. The molecule has 0 aliphatic heterocycles. The van der Waals surface area contributed by atoms with Crippen molar-refractivity contribution in [1.82, 2.24) is 5.32 Å². The van der Waals surface area contributed by atoms with Gasteiger partial charge >= 0.3 is 0 Å². The predicted molar refractivity (Wildman–Crippen MR) is 48.6 cm³/mol. The highest BCUT2D eigenvalue weighted by atomic mass is 16.3. The van der Waals surface area contributed by atoms with Crippen LogP contribution in [0.4, 0.5) is 0 Å². The summed E-state index contributed by atoms with van der Waals surface area (Å²) >= 11 is 0. The van der Waals surface area contributed by atoms with Gasteiger partial charge in [0.05, 0.1) is 6.61 Å². The number of nitrogens with one attached hydrogen (secondary N) is 1. The van der Waals surface area contributed by atoms with E-state index in [1.807, 2.05) is 0 Å². The zero-order valence-corrected chi connectivity index (χ0v) is 8.09. The van der Waals surface area contributed by atoms with Gasteiger partial charge in [0.2, 0.25) is 0 Å². The second-order valence-electron chi connectivity index (χ2n) is 3.49. The van der Waals surface area contributed by atoms with Crippen molar-refractivity contribution < 1.29 is 5.11 Å². The van der Waals surface area contributed by atoms with E-state index in [4.69, 9.17) is 5.11 Å². The molecule has 0 aliphatic rings. The van der Waals surface area contributed by atoms with E-state index in [9.17, 15) is 0 Å². The molecule has 0 unspecified atom stereocenters. The first-order valence-corrected chi connectivity index (χ1v) is 4.48. The van der Waals surface area contributed by atoms with E-state index in [2.05, 4.69) is 33.0 Å². The number of hydrogen-bond donors (Lipinski definition) is 2. The summed E-state index contributed by atoms with van der Waals surface area (Å²) in [4.78, 5) is 0. The molecule has 2 nitrogen and oxygen atoms in total. The molecule has 0 aromatic heterocycles. The Bertz CT molecular complexity index is 89.6. The van der Waals surface area contributed by atoms with Gasteiger partial charge in [0.1, 0.15) is 0 Å². The van der Waals surface area contributed by atoms with Crippen LogP contribution >= 0.6 is 0 Å². The SMILES string of the molecule is CC[C@@H](CO)N[C@@H](C)C(C)C. The lowest BCUT2D eigenvalue weighted by atomic mass is 10.1. The van der Waals surface area contributed by atoms with Gasteiger partial charge in [-0.3, -0.25) is 0 Å². The van der Waals surface area contributed by atoms with E-state index < -0.39 is 0 Å². The summed E-state index contributed by atoms with van der Waals surface area (Å²) in [6.45, 7) is 8.85. The van der Waals surface area contributed by atoms with Crippen LogP contribution in [0, 0.1) is 5.92 Å². The van der Waals surface area contributed by atoms with Crippen LogP contribution in [-0.4, -0.2) is 23.8 Å².